The summed E-state index contributed by atoms with van der Waals surface area (Å²) in [6.45, 7) is 10.1. The SMILES string of the molecule is Cc1csc([C@@H](C)NC(=O)N[C@@H](C)c2cc(C)sc2C)n1. The average Bonchev–Trinajstić information content (AvgIpc) is 2.95. The highest BCUT2D eigenvalue weighted by Gasteiger charge is 2.16. The summed E-state index contributed by atoms with van der Waals surface area (Å²) in [4.78, 5) is 19.0. The van der Waals surface area contributed by atoms with Crippen molar-refractivity contribution in [3.63, 3.8) is 0 Å². The Morgan fingerprint density at radius 1 is 1.19 bits per heavy atom. The van der Waals surface area contributed by atoms with Crippen molar-refractivity contribution in [1.29, 1.82) is 0 Å². The van der Waals surface area contributed by atoms with Crippen molar-refractivity contribution < 1.29 is 4.79 Å². The number of thiophene rings is 1. The van der Waals surface area contributed by atoms with Crippen molar-refractivity contribution in [1.82, 2.24) is 15.6 Å². The average molecular weight is 323 g/mol. The maximum Gasteiger partial charge on any atom is 0.315 e. The van der Waals surface area contributed by atoms with Gasteiger partial charge in [-0.1, -0.05) is 0 Å². The molecule has 2 amide bonds. The zero-order valence-electron chi connectivity index (χ0n) is 13.0. The van der Waals surface area contributed by atoms with Crippen LogP contribution in [0.3, 0.4) is 0 Å². The number of rotatable bonds is 4. The van der Waals surface area contributed by atoms with Crippen LogP contribution < -0.4 is 10.6 Å². The molecule has 114 valence electrons. The van der Waals surface area contributed by atoms with Gasteiger partial charge in [-0.2, -0.15) is 0 Å². The van der Waals surface area contributed by atoms with Crippen LogP contribution in [0.5, 0.6) is 0 Å². The number of amides is 2. The molecule has 0 bridgehead atoms. The van der Waals surface area contributed by atoms with Crippen molar-refractivity contribution in [2.75, 3.05) is 0 Å². The molecular weight excluding hydrogens is 302 g/mol. The first-order valence-corrected chi connectivity index (χ1v) is 8.62. The molecule has 2 aromatic rings. The lowest BCUT2D eigenvalue weighted by Gasteiger charge is -2.17. The van der Waals surface area contributed by atoms with Crippen molar-refractivity contribution in [2.45, 2.75) is 46.7 Å². The number of carbonyl (C=O) groups is 1. The first-order chi connectivity index (χ1) is 9.86. The van der Waals surface area contributed by atoms with Gasteiger partial charge >= 0.3 is 6.03 Å². The van der Waals surface area contributed by atoms with E-state index in [1.165, 1.54) is 15.3 Å². The zero-order chi connectivity index (χ0) is 15.6. The summed E-state index contributed by atoms with van der Waals surface area (Å²) in [6.07, 6.45) is 0. The Morgan fingerprint density at radius 3 is 2.38 bits per heavy atom. The van der Waals surface area contributed by atoms with Gasteiger partial charge in [0.05, 0.1) is 12.1 Å². The van der Waals surface area contributed by atoms with Crippen molar-refractivity contribution >= 4 is 28.7 Å². The number of nitrogens with one attached hydrogen (secondary N) is 2. The van der Waals surface area contributed by atoms with E-state index >= 15 is 0 Å². The fourth-order valence-corrected chi connectivity index (χ4v) is 4.05. The van der Waals surface area contributed by atoms with Crippen LogP contribution in [0.2, 0.25) is 0 Å². The number of aryl methyl sites for hydroxylation is 3. The molecule has 2 atom stereocenters. The van der Waals surface area contributed by atoms with Crippen LogP contribution in [0.15, 0.2) is 11.4 Å². The summed E-state index contributed by atoms with van der Waals surface area (Å²) >= 11 is 3.33. The standard InChI is InChI=1S/C15H21N3OS2/c1-8-7-20-14(16-8)11(4)18-15(19)17-10(3)13-6-9(2)21-12(13)5/h6-7,10-11H,1-5H3,(H2,17,18,19)/t10-,11+/m0/s1. The molecule has 6 heteroatoms. The summed E-state index contributed by atoms with van der Waals surface area (Å²) < 4.78 is 0. The van der Waals surface area contributed by atoms with Crippen LogP contribution in [0.4, 0.5) is 4.79 Å². The molecule has 0 saturated heterocycles. The van der Waals surface area contributed by atoms with Gasteiger partial charge in [0.2, 0.25) is 0 Å². The van der Waals surface area contributed by atoms with Gasteiger partial charge in [0, 0.05) is 20.8 Å². The summed E-state index contributed by atoms with van der Waals surface area (Å²) in [5.74, 6) is 0. The topological polar surface area (TPSA) is 54.0 Å². The summed E-state index contributed by atoms with van der Waals surface area (Å²) in [5.41, 5.74) is 2.17. The van der Waals surface area contributed by atoms with Gasteiger partial charge in [0.1, 0.15) is 5.01 Å². The number of aromatic nitrogens is 1. The van der Waals surface area contributed by atoms with E-state index in [2.05, 4.69) is 35.5 Å². The van der Waals surface area contributed by atoms with Gasteiger partial charge in [-0.3, -0.25) is 0 Å². The Hall–Kier alpha value is -1.40. The van der Waals surface area contributed by atoms with Gasteiger partial charge < -0.3 is 10.6 Å². The fourth-order valence-electron chi connectivity index (χ4n) is 2.23. The lowest BCUT2D eigenvalue weighted by atomic mass is 10.1. The van der Waals surface area contributed by atoms with Crippen molar-refractivity contribution in [3.8, 4) is 0 Å². The van der Waals surface area contributed by atoms with Crippen LogP contribution in [0.1, 0.15) is 52.0 Å². The van der Waals surface area contributed by atoms with E-state index < -0.39 is 0 Å². The first-order valence-electron chi connectivity index (χ1n) is 6.92. The molecule has 0 aromatic carbocycles. The van der Waals surface area contributed by atoms with E-state index in [1.54, 1.807) is 22.7 Å². The van der Waals surface area contributed by atoms with Crippen LogP contribution in [0.25, 0.3) is 0 Å². The Morgan fingerprint density at radius 2 is 1.86 bits per heavy atom. The minimum atomic E-state index is -0.161. The molecule has 0 radical (unpaired) electrons. The predicted molar refractivity (Wildman–Crippen MR) is 89.1 cm³/mol. The van der Waals surface area contributed by atoms with E-state index in [4.69, 9.17) is 0 Å². The van der Waals surface area contributed by atoms with Crippen LogP contribution in [0, 0.1) is 20.8 Å². The van der Waals surface area contributed by atoms with Gasteiger partial charge in [0.15, 0.2) is 0 Å². The lowest BCUT2D eigenvalue weighted by molar-refractivity contribution is 0.235. The molecule has 0 spiro atoms. The summed E-state index contributed by atoms with van der Waals surface area (Å²) in [6, 6.07) is 1.89. The van der Waals surface area contributed by atoms with Crippen molar-refractivity contribution in [3.05, 3.63) is 37.5 Å². The van der Waals surface area contributed by atoms with Crippen LogP contribution >= 0.6 is 22.7 Å². The molecule has 0 aliphatic carbocycles. The van der Waals surface area contributed by atoms with E-state index in [0.717, 1.165) is 10.7 Å². The van der Waals surface area contributed by atoms with E-state index in [9.17, 15) is 4.79 Å². The highest BCUT2D eigenvalue weighted by Crippen LogP contribution is 2.26. The number of urea groups is 1. The number of carbonyl (C=O) groups excluding carboxylic acids is 1. The Balaban J connectivity index is 1.94. The van der Waals surface area contributed by atoms with E-state index in [0.29, 0.717) is 0 Å². The quantitative estimate of drug-likeness (QED) is 0.883. The molecule has 2 aromatic heterocycles. The second-order valence-corrected chi connectivity index (χ2v) is 7.61. The molecule has 21 heavy (non-hydrogen) atoms. The molecular formula is C15H21N3OS2. The first kappa shape index (κ1) is 16.0. The highest BCUT2D eigenvalue weighted by molar-refractivity contribution is 7.12. The monoisotopic (exact) mass is 323 g/mol. The summed E-state index contributed by atoms with van der Waals surface area (Å²) in [5, 5.41) is 8.85. The number of nitrogens with zero attached hydrogens (tertiary/aromatic N) is 1. The molecule has 0 unspecified atom stereocenters. The second-order valence-electron chi connectivity index (χ2n) is 5.26. The third-order valence-electron chi connectivity index (χ3n) is 3.25. The number of thiazole rings is 1. The summed E-state index contributed by atoms with van der Waals surface area (Å²) in [7, 11) is 0. The largest absolute Gasteiger partial charge is 0.332 e. The molecule has 0 saturated carbocycles. The Bertz CT molecular complexity index is 633. The molecule has 0 fully saturated rings. The Labute approximate surface area is 133 Å². The molecule has 2 rings (SSSR count). The van der Waals surface area contributed by atoms with Crippen LogP contribution in [-0.4, -0.2) is 11.0 Å². The van der Waals surface area contributed by atoms with Crippen LogP contribution in [-0.2, 0) is 0 Å². The van der Waals surface area contributed by atoms with Crippen molar-refractivity contribution in [2.24, 2.45) is 0 Å². The van der Waals surface area contributed by atoms with E-state index in [1.807, 2.05) is 26.2 Å². The predicted octanol–water partition coefficient (Wildman–Crippen LogP) is 4.25. The fraction of sp³-hybridized carbons (Fsp3) is 0.467. The molecule has 0 aliphatic rings. The number of hydrogen-bond acceptors (Lipinski definition) is 4. The Kier molecular flexibility index (Phi) is 5.00. The van der Waals surface area contributed by atoms with Gasteiger partial charge in [-0.05, 0) is 46.2 Å². The second kappa shape index (κ2) is 6.58. The molecule has 2 heterocycles. The highest BCUT2D eigenvalue weighted by atomic mass is 32.1. The van der Waals surface area contributed by atoms with Gasteiger partial charge in [-0.15, -0.1) is 22.7 Å². The normalized spacial score (nSPS) is 13.8. The van der Waals surface area contributed by atoms with E-state index in [-0.39, 0.29) is 18.1 Å². The molecule has 0 aliphatic heterocycles. The third kappa shape index (κ3) is 4.04. The molecule has 2 N–H and O–H groups in total. The maximum absolute atomic E-state index is 12.1. The zero-order valence-corrected chi connectivity index (χ0v) is 14.6. The minimum Gasteiger partial charge on any atom is -0.332 e. The number of hydrogen-bond donors (Lipinski definition) is 2. The van der Waals surface area contributed by atoms with Gasteiger partial charge in [0.25, 0.3) is 0 Å². The lowest BCUT2D eigenvalue weighted by Crippen LogP contribution is -2.38. The smallest absolute Gasteiger partial charge is 0.315 e. The maximum atomic E-state index is 12.1. The van der Waals surface area contributed by atoms with Gasteiger partial charge in [-0.25, -0.2) is 9.78 Å². The minimum absolute atomic E-state index is 0.000168. The third-order valence-corrected chi connectivity index (χ3v) is 5.38. The molecule has 4 nitrogen and oxygen atoms in total.